The number of hydrogen-bond acceptors (Lipinski definition) is 11. The number of anilines is 3. The lowest BCUT2D eigenvalue weighted by molar-refractivity contribution is -0.384. The average Bonchev–Trinajstić information content (AvgIpc) is 3.46. The molecule has 77 heavy (non-hydrogen) atoms. The second-order valence-electron chi connectivity index (χ2n) is 17.5. The van der Waals surface area contributed by atoms with Gasteiger partial charge in [0.05, 0.1) is 34.3 Å². The third-order valence-corrected chi connectivity index (χ3v) is 11.7. The first kappa shape index (κ1) is 54.6. The molecule has 1 atom stereocenters. The van der Waals surface area contributed by atoms with Crippen molar-refractivity contribution in [3.05, 3.63) is 250 Å². The Morgan fingerprint density at radius 1 is 0.584 bits per heavy atom. The minimum Gasteiger partial charge on any atom is -0.485 e. The molecule has 5 N–H and O–H groups in total. The van der Waals surface area contributed by atoms with Gasteiger partial charge in [-0.15, -0.1) is 0 Å². The van der Waals surface area contributed by atoms with E-state index in [2.05, 4.69) is 39.7 Å². The fourth-order valence-corrected chi connectivity index (χ4v) is 8.12. The van der Waals surface area contributed by atoms with Crippen LogP contribution in [0.1, 0.15) is 78.4 Å². The maximum atomic E-state index is 14.6. The number of carbonyl (C=O) groups is 6. The van der Waals surface area contributed by atoms with E-state index in [1.165, 1.54) is 72.8 Å². The number of esters is 1. The maximum Gasteiger partial charge on any atom is 0.338 e. The Kier molecular flexibility index (Phi) is 18.2. The van der Waals surface area contributed by atoms with Crippen molar-refractivity contribution >= 4 is 58.3 Å². The van der Waals surface area contributed by atoms with Crippen LogP contribution in [0, 0.1) is 10.1 Å². The maximum absolute atomic E-state index is 14.6. The van der Waals surface area contributed by atoms with Gasteiger partial charge in [-0.25, -0.2) is 4.79 Å². The smallest absolute Gasteiger partial charge is 0.338 e. The van der Waals surface area contributed by atoms with Crippen molar-refractivity contribution < 1.29 is 47.9 Å². The number of rotatable bonds is 23. The van der Waals surface area contributed by atoms with E-state index >= 15 is 0 Å². The topological polar surface area (TPSA) is 233 Å². The molecule has 7 aromatic rings. The second-order valence-corrected chi connectivity index (χ2v) is 17.5. The molecule has 17 heteroatoms. The average molecular weight is 1040 g/mol. The molecule has 0 aromatic heterocycles. The Bertz CT molecular complexity index is 3160. The van der Waals surface area contributed by atoms with E-state index in [0.29, 0.717) is 5.69 Å². The minimum atomic E-state index is -1.50. The number of ether oxygens (including phenoxy) is 3. The summed E-state index contributed by atoms with van der Waals surface area (Å²) in [4.78, 5) is 93.3. The number of non-ortho nitro benzene ring substituents is 1. The first-order chi connectivity index (χ1) is 37.2. The summed E-state index contributed by atoms with van der Waals surface area (Å²) in [5, 5.41) is 25.6. The highest BCUT2D eigenvalue weighted by Gasteiger charge is 2.39. The number of carbonyl (C=O) groups excluding carboxylic acids is 6. The molecule has 0 saturated carbocycles. The van der Waals surface area contributed by atoms with Gasteiger partial charge >= 0.3 is 5.97 Å². The van der Waals surface area contributed by atoms with E-state index < -0.39 is 64.5 Å². The molecule has 0 aliphatic heterocycles. The predicted octanol–water partition coefficient (Wildman–Crippen LogP) is 10.0. The van der Waals surface area contributed by atoms with Gasteiger partial charge in [0.25, 0.3) is 23.4 Å². The quantitative estimate of drug-likeness (QED) is 0.0133. The summed E-state index contributed by atoms with van der Waals surface area (Å²) < 4.78 is 17.2. The zero-order valence-corrected chi connectivity index (χ0v) is 42.0. The SMILES string of the molecule is C=CCOC(=O)c1ccc(NC(=O)c2ccc(NC(=O)c3ccc(NC(=O)[C@H](CC(=O)NC(c4ccccc4)(c4ccccc4)c4ccccc4)NC(=O)c4ccc([N+](=O)[O-])cc4)cc3)c(OC(C)C)c2OCC=C)cc1. The van der Waals surface area contributed by atoms with Crippen LogP contribution < -0.4 is 36.1 Å². The Hall–Kier alpha value is -10.2. The van der Waals surface area contributed by atoms with Gasteiger partial charge in [-0.05, 0) is 103 Å². The molecule has 0 unspecified atom stereocenters. The van der Waals surface area contributed by atoms with E-state index in [0.717, 1.165) is 28.8 Å². The molecule has 5 amide bonds. The summed E-state index contributed by atoms with van der Waals surface area (Å²) in [6.07, 6.45) is 1.93. The monoisotopic (exact) mass is 1030 g/mol. The minimum absolute atomic E-state index is 0.00268. The van der Waals surface area contributed by atoms with E-state index in [1.54, 1.807) is 26.0 Å². The molecular weight excluding hydrogens is 981 g/mol. The fraction of sp³-hybridized carbons (Fsp3) is 0.133. The summed E-state index contributed by atoms with van der Waals surface area (Å²) in [6.45, 7) is 10.8. The summed E-state index contributed by atoms with van der Waals surface area (Å²) in [6, 6.07) is 46.1. The first-order valence-corrected chi connectivity index (χ1v) is 24.2. The summed E-state index contributed by atoms with van der Waals surface area (Å²) in [5.41, 5.74) is 1.90. The van der Waals surface area contributed by atoms with Gasteiger partial charge in [0.15, 0.2) is 11.5 Å². The molecule has 0 bridgehead atoms. The number of nitro groups is 1. The molecule has 0 spiro atoms. The Labute approximate surface area is 444 Å². The van der Waals surface area contributed by atoms with Crippen molar-refractivity contribution in [2.45, 2.75) is 38.0 Å². The summed E-state index contributed by atoms with van der Waals surface area (Å²) in [5.74, 6) is -3.82. The lowest BCUT2D eigenvalue weighted by atomic mass is 9.77. The number of nitrogens with one attached hydrogen (secondary N) is 5. The molecule has 17 nitrogen and oxygen atoms in total. The van der Waals surface area contributed by atoms with Crippen molar-refractivity contribution in [3.8, 4) is 11.5 Å². The van der Waals surface area contributed by atoms with Gasteiger partial charge in [0, 0.05) is 34.6 Å². The lowest BCUT2D eigenvalue weighted by Gasteiger charge is -2.37. The van der Waals surface area contributed by atoms with Crippen molar-refractivity contribution in [2.75, 3.05) is 29.2 Å². The first-order valence-electron chi connectivity index (χ1n) is 24.2. The Morgan fingerprint density at radius 2 is 1.09 bits per heavy atom. The standard InChI is InChI=1S/C60H54N6O11/c1-5-36-75-53-49(57(70)61-46-30-24-42(25-31-46)59(72)76-37-6-2)34-35-50(54(53)77-39(3)4)63-55(68)40-22-28-47(29-23-40)62-58(71)51(64-56(69)41-26-32-48(33-27-41)66(73)74)38-52(67)65-60(43-16-10-7-11-17-43,44-18-12-8-13-19-44)45-20-14-9-15-21-45/h5-35,39,51H,1-2,36-38H2,3-4H3,(H,61,70)(H,62,71)(H,63,68)(H,64,69)(H,65,67)/t51-/m0/s1. The van der Waals surface area contributed by atoms with Crippen LogP contribution in [-0.4, -0.2) is 65.8 Å². The normalized spacial score (nSPS) is 11.2. The van der Waals surface area contributed by atoms with Gasteiger partial charge in [0.1, 0.15) is 24.8 Å². The van der Waals surface area contributed by atoms with Gasteiger partial charge in [-0.2, -0.15) is 0 Å². The molecule has 0 heterocycles. The lowest BCUT2D eigenvalue weighted by Crippen LogP contribution is -2.52. The van der Waals surface area contributed by atoms with Crippen LogP contribution in [0.2, 0.25) is 0 Å². The van der Waals surface area contributed by atoms with Crippen LogP contribution in [-0.2, 0) is 19.9 Å². The van der Waals surface area contributed by atoms with Crippen LogP contribution in [0.3, 0.4) is 0 Å². The van der Waals surface area contributed by atoms with Crippen LogP contribution in [0.15, 0.2) is 201 Å². The highest BCUT2D eigenvalue weighted by atomic mass is 16.6. The van der Waals surface area contributed by atoms with Crippen LogP contribution in [0.25, 0.3) is 0 Å². The molecule has 0 aliphatic carbocycles. The van der Waals surface area contributed by atoms with Gasteiger partial charge in [0.2, 0.25) is 11.8 Å². The predicted molar refractivity (Wildman–Crippen MR) is 292 cm³/mol. The van der Waals surface area contributed by atoms with Gasteiger partial charge < -0.3 is 40.8 Å². The zero-order valence-electron chi connectivity index (χ0n) is 42.0. The number of nitro benzene ring substituents is 1. The molecule has 390 valence electrons. The highest BCUT2D eigenvalue weighted by molar-refractivity contribution is 6.10. The molecule has 7 rings (SSSR count). The van der Waals surface area contributed by atoms with Crippen molar-refractivity contribution in [3.63, 3.8) is 0 Å². The molecule has 0 fully saturated rings. The van der Waals surface area contributed by atoms with Crippen molar-refractivity contribution in [1.82, 2.24) is 10.6 Å². The summed E-state index contributed by atoms with van der Waals surface area (Å²) in [7, 11) is 0. The highest BCUT2D eigenvalue weighted by Crippen LogP contribution is 2.41. The number of benzene rings is 7. The molecule has 0 aliphatic rings. The van der Waals surface area contributed by atoms with Gasteiger partial charge in [-0.3, -0.25) is 34.1 Å². The largest absolute Gasteiger partial charge is 0.485 e. The number of hydrogen-bond donors (Lipinski definition) is 5. The van der Waals surface area contributed by atoms with Crippen molar-refractivity contribution in [1.29, 1.82) is 0 Å². The zero-order chi connectivity index (χ0) is 54.9. The van der Waals surface area contributed by atoms with Crippen LogP contribution in [0.4, 0.5) is 22.7 Å². The molecule has 7 aromatic carbocycles. The van der Waals surface area contributed by atoms with Crippen LogP contribution in [0.5, 0.6) is 11.5 Å². The Balaban J connectivity index is 1.12. The van der Waals surface area contributed by atoms with E-state index in [1.807, 2.05) is 91.0 Å². The molecule has 0 saturated heterocycles. The number of amides is 5. The van der Waals surface area contributed by atoms with Crippen LogP contribution >= 0.6 is 0 Å². The molecular formula is C60H54N6O11. The summed E-state index contributed by atoms with van der Waals surface area (Å²) >= 11 is 0. The number of nitrogens with zero attached hydrogens (tertiary/aromatic N) is 1. The third kappa shape index (κ3) is 13.7. The molecule has 0 radical (unpaired) electrons. The van der Waals surface area contributed by atoms with Crippen molar-refractivity contribution in [2.24, 2.45) is 0 Å². The third-order valence-electron chi connectivity index (χ3n) is 11.7. The van der Waals surface area contributed by atoms with E-state index in [-0.39, 0.29) is 64.0 Å². The van der Waals surface area contributed by atoms with E-state index in [9.17, 15) is 38.9 Å². The fourth-order valence-electron chi connectivity index (χ4n) is 8.12. The second kappa shape index (κ2) is 25.7. The Morgan fingerprint density at radius 3 is 1.61 bits per heavy atom. The van der Waals surface area contributed by atoms with E-state index in [4.69, 9.17) is 14.2 Å². The van der Waals surface area contributed by atoms with Gasteiger partial charge in [-0.1, -0.05) is 116 Å².